The van der Waals surface area contributed by atoms with Crippen LogP contribution in [0.2, 0.25) is 0 Å². The van der Waals surface area contributed by atoms with Gasteiger partial charge in [-0.2, -0.15) is 0 Å². The first-order valence-corrected chi connectivity index (χ1v) is 8.98. The van der Waals surface area contributed by atoms with Crippen LogP contribution in [0.1, 0.15) is 45.1 Å². The molecule has 1 aromatic carbocycles. The number of carbonyl (C=O) groups excluding carboxylic acids is 2. The summed E-state index contributed by atoms with van der Waals surface area (Å²) in [7, 11) is 0. The highest BCUT2D eigenvalue weighted by molar-refractivity contribution is 6.14. The van der Waals surface area contributed by atoms with E-state index >= 15 is 0 Å². The molecule has 2 aliphatic heterocycles. The molecular weight excluding hydrogens is 302 g/mol. The van der Waals surface area contributed by atoms with Crippen molar-refractivity contribution in [1.29, 1.82) is 0 Å². The molecule has 0 aliphatic carbocycles. The molecule has 2 fully saturated rings. The molecule has 0 bridgehead atoms. The van der Waals surface area contributed by atoms with E-state index in [4.69, 9.17) is 0 Å². The van der Waals surface area contributed by atoms with E-state index in [1.165, 1.54) is 11.3 Å². The summed E-state index contributed by atoms with van der Waals surface area (Å²) in [6.45, 7) is 7.39. The normalized spacial score (nSPS) is 25.6. The Hall–Kier alpha value is -1.88. The molecule has 2 saturated heterocycles. The van der Waals surface area contributed by atoms with Crippen molar-refractivity contribution in [3.63, 3.8) is 0 Å². The number of anilines is 1. The maximum atomic E-state index is 12.9. The minimum atomic E-state index is -0.440. The lowest BCUT2D eigenvalue weighted by Crippen LogP contribution is -2.48. The molecule has 130 valence electrons. The predicted molar refractivity (Wildman–Crippen MR) is 94.9 cm³/mol. The number of urea groups is 1. The summed E-state index contributed by atoms with van der Waals surface area (Å²) in [4.78, 5) is 30.9. The second-order valence-corrected chi connectivity index (χ2v) is 6.94. The summed E-state index contributed by atoms with van der Waals surface area (Å²) >= 11 is 0. The molecular formula is C19H27N3O2. The zero-order valence-electron chi connectivity index (χ0n) is 14.9. The van der Waals surface area contributed by atoms with Crippen molar-refractivity contribution in [1.82, 2.24) is 9.80 Å². The smallest absolute Gasteiger partial charge is 0.283 e. The topological polar surface area (TPSA) is 43.9 Å². The third kappa shape index (κ3) is 3.05. The van der Waals surface area contributed by atoms with E-state index in [2.05, 4.69) is 11.8 Å². The highest BCUT2D eigenvalue weighted by Crippen LogP contribution is 2.28. The molecule has 0 aromatic heterocycles. The Kier molecular flexibility index (Phi) is 4.90. The summed E-state index contributed by atoms with van der Waals surface area (Å²) in [6.07, 6.45) is 4.60. The lowest BCUT2D eigenvalue weighted by molar-refractivity contribution is -0.129. The fraction of sp³-hybridized carbons (Fsp3) is 0.579. The van der Waals surface area contributed by atoms with Gasteiger partial charge in [0.25, 0.3) is 5.91 Å². The summed E-state index contributed by atoms with van der Waals surface area (Å²) in [6, 6.07) is 7.61. The van der Waals surface area contributed by atoms with Gasteiger partial charge in [0.05, 0.1) is 6.67 Å². The van der Waals surface area contributed by atoms with Gasteiger partial charge < -0.3 is 0 Å². The lowest BCUT2D eigenvalue weighted by Gasteiger charge is -2.36. The number of imide groups is 1. The van der Waals surface area contributed by atoms with Crippen LogP contribution in [-0.2, 0) is 4.79 Å². The van der Waals surface area contributed by atoms with Gasteiger partial charge >= 0.3 is 6.03 Å². The van der Waals surface area contributed by atoms with Crippen molar-refractivity contribution in [2.75, 3.05) is 18.1 Å². The molecule has 0 unspecified atom stereocenters. The van der Waals surface area contributed by atoms with Gasteiger partial charge in [-0.3, -0.25) is 14.6 Å². The lowest BCUT2D eigenvalue weighted by atomic mass is 10.0. The Morgan fingerprint density at radius 3 is 2.50 bits per heavy atom. The summed E-state index contributed by atoms with van der Waals surface area (Å²) in [5, 5.41) is 0. The SMILES string of the molecule is CC[C@H]1CCCCN1CN1C(=O)[C@H](C)N(c2ccc(C)cc2)C1=O. The van der Waals surface area contributed by atoms with E-state index in [0.29, 0.717) is 12.7 Å². The minimum absolute atomic E-state index is 0.0963. The van der Waals surface area contributed by atoms with Crippen LogP contribution in [0.5, 0.6) is 0 Å². The van der Waals surface area contributed by atoms with E-state index in [1.807, 2.05) is 38.1 Å². The number of hydrogen-bond donors (Lipinski definition) is 0. The zero-order valence-corrected chi connectivity index (χ0v) is 14.9. The van der Waals surface area contributed by atoms with Gasteiger partial charge in [-0.15, -0.1) is 0 Å². The number of hydrogen-bond acceptors (Lipinski definition) is 3. The van der Waals surface area contributed by atoms with E-state index in [1.54, 1.807) is 4.90 Å². The number of amides is 3. The average Bonchev–Trinajstić information content (AvgIpc) is 2.80. The largest absolute Gasteiger partial charge is 0.333 e. The Bertz CT molecular complexity index is 614. The molecule has 0 N–H and O–H groups in total. The fourth-order valence-electron chi connectivity index (χ4n) is 3.79. The molecule has 3 rings (SSSR count). The first-order valence-electron chi connectivity index (χ1n) is 8.98. The van der Waals surface area contributed by atoms with Crippen LogP contribution in [0.3, 0.4) is 0 Å². The molecule has 2 atom stereocenters. The third-order valence-corrected chi connectivity index (χ3v) is 5.30. The zero-order chi connectivity index (χ0) is 17.3. The van der Waals surface area contributed by atoms with Crippen molar-refractivity contribution in [2.45, 2.75) is 58.5 Å². The standard InChI is InChI=1S/C19H27N3O2/c1-4-16-7-5-6-12-20(16)13-21-18(23)15(3)22(19(21)24)17-10-8-14(2)9-11-17/h8-11,15-16H,4-7,12-13H2,1-3H3/t15-,16-/m0/s1. The first kappa shape index (κ1) is 17.0. The second-order valence-electron chi connectivity index (χ2n) is 6.94. The number of carbonyl (C=O) groups is 2. The molecule has 2 heterocycles. The maximum absolute atomic E-state index is 12.9. The Labute approximate surface area is 144 Å². The number of aryl methyl sites for hydroxylation is 1. The summed E-state index contributed by atoms with van der Waals surface area (Å²) < 4.78 is 0. The Morgan fingerprint density at radius 1 is 1.12 bits per heavy atom. The predicted octanol–water partition coefficient (Wildman–Crippen LogP) is 3.37. The van der Waals surface area contributed by atoms with Crippen molar-refractivity contribution < 1.29 is 9.59 Å². The number of rotatable bonds is 4. The van der Waals surface area contributed by atoms with Crippen LogP contribution >= 0.6 is 0 Å². The van der Waals surface area contributed by atoms with Crippen LogP contribution in [0.25, 0.3) is 0 Å². The van der Waals surface area contributed by atoms with Gasteiger partial charge in [-0.05, 0) is 45.2 Å². The highest BCUT2D eigenvalue weighted by Gasteiger charge is 2.44. The average molecular weight is 329 g/mol. The molecule has 0 radical (unpaired) electrons. The van der Waals surface area contributed by atoms with E-state index in [9.17, 15) is 9.59 Å². The van der Waals surface area contributed by atoms with Crippen molar-refractivity contribution >= 4 is 17.6 Å². The molecule has 2 aliphatic rings. The number of benzene rings is 1. The quantitative estimate of drug-likeness (QED) is 0.796. The molecule has 1 aromatic rings. The van der Waals surface area contributed by atoms with Crippen molar-refractivity contribution in [3.8, 4) is 0 Å². The molecule has 0 spiro atoms. The number of likely N-dealkylation sites (tertiary alicyclic amines) is 1. The maximum Gasteiger partial charge on any atom is 0.333 e. The van der Waals surface area contributed by atoms with Crippen LogP contribution in [0, 0.1) is 6.92 Å². The monoisotopic (exact) mass is 329 g/mol. The third-order valence-electron chi connectivity index (χ3n) is 5.30. The van der Waals surface area contributed by atoms with Crippen LogP contribution in [-0.4, -0.2) is 47.0 Å². The molecule has 24 heavy (non-hydrogen) atoms. The van der Waals surface area contributed by atoms with Gasteiger partial charge in [0, 0.05) is 18.3 Å². The molecule has 0 saturated carbocycles. The molecule has 5 heteroatoms. The highest BCUT2D eigenvalue weighted by atomic mass is 16.2. The van der Waals surface area contributed by atoms with E-state index in [-0.39, 0.29) is 11.9 Å². The van der Waals surface area contributed by atoms with Crippen LogP contribution in [0.15, 0.2) is 24.3 Å². The van der Waals surface area contributed by atoms with Crippen molar-refractivity contribution in [3.05, 3.63) is 29.8 Å². The summed E-state index contributed by atoms with van der Waals surface area (Å²) in [5.41, 5.74) is 1.93. The minimum Gasteiger partial charge on any atom is -0.283 e. The van der Waals surface area contributed by atoms with Gasteiger partial charge in [0.15, 0.2) is 0 Å². The number of nitrogens with zero attached hydrogens (tertiary/aromatic N) is 3. The van der Waals surface area contributed by atoms with E-state index < -0.39 is 6.04 Å². The van der Waals surface area contributed by atoms with Crippen LogP contribution < -0.4 is 4.90 Å². The summed E-state index contributed by atoms with van der Waals surface area (Å²) in [5.74, 6) is -0.0963. The van der Waals surface area contributed by atoms with Gasteiger partial charge in [0.1, 0.15) is 6.04 Å². The first-order chi connectivity index (χ1) is 11.5. The Morgan fingerprint density at radius 2 is 1.83 bits per heavy atom. The fourth-order valence-corrected chi connectivity index (χ4v) is 3.79. The van der Waals surface area contributed by atoms with Gasteiger partial charge in [0.2, 0.25) is 0 Å². The van der Waals surface area contributed by atoms with E-state index in [0.717, 1.165) is 37.1 Å². The molecule has 3 amide bonds. The number of piperidine rings is 1. The Balaban J connectivity index is 1.78. The second kappa shape index (κ2) is 6.93. The van der Waals surface area contributed by atoms with Crippen molar-refractivity contribution in [2.24, 2.45) is 0 Å². The molecule has 5 nitrogen and oxygen atoms in total. The van der Waals surface area contributed by atoms with Gasteiger partial charge in [-0.25, -0.2) is 9.69 Å². The van der Waals surface area contributed by atoms with Crippen LogP contribution in [0.4, 0.5) is 10.5 Å². The van der Waals surface area contributed by atoms with Gasteiger partial charge in [-0.1, -0.05) is 31.0 Å².